The molecule has 0 spiro atoms. The Balaban J connectivity index is 2.21. The molecule has 2 bridgehead atoms. The Morgan fingerprint density at radius 1 is 1.78 bits per heavy atom. The zero-order valence-corrected chi connectivity index (χ0v) is 5.33. The van der Waals surface area contributed by atoms with E-state index in [1.807, 2.05) is 7.05 Å². The molecule has 2 saturated heterocycles. The number of fused-ring (bicyclic) bond motifs is 2. The summed E-state index contributed by atoms with van der Waals surface area (Å²) in [6, 6.07) is 0.0787. The molecule has 3 nitrogen and oxygen atoms in total. The minimum absolute atomic E-state index is 0.0336. The maximum atomic E-state index is 10.8. The monoisotopic (exact) mass is 127 g/mol. The van der Waals surface area contributed by atoms with Gasteiger partial charge in [0, 0.05) is 13.0 Å². The number of hydrogen-bond donors (Lipinski definition) is 0. The molecule has 0 N–H and O–H groups in total. The highest BCUT2D eigenvalue weighted by molar-refractivity contribution is 5.79. The minimum Gasteiger partial charge on any atom is -0.460 e. The van der Waals surface area contributed by atoms with Crippen molar-refractivity contribution in [3.05, 3.63) is 0 Å². The molecule has 0 amide bonds. The van der Waals surface area contributed by atoms with Crippen LogP contribution >= 0.6 is 0 Å². The number of carbonyl (C=O) groups excluding carboxylic acids is 1. The molecule has 0 radical (unpaired) electrons. The van der Waals surface area contributed by atoms with Crippen LogP contribution in [0.25, 0.3) is 0 Å². The third-order valence-electron chi connectivity index (χ3n) is 2.06. The quantitative estimate of drug-likeness (QED) is 0.415. The van der Waals surface area contributed by atoms with Gasteiger partial charge in [0.05, 0.1) is 0 Å². The first-order valence-electron chi connectivity index (χ1n) is 3.18. The molecular formula is C6H9NO2. The molecule has 2 atom stereocenters. The van der Waals surface area contributed by atoms with Gasteiger partial charge in [0.25, 0.3) is 0 Å². The molecule has 2 heterocycles. The van der Waals surface area contributed by atoms with Crippen LogP contribution in [0.5, 0.6) is 0 Å². The standard InChI is InChI=1S/C6H9NO2/c1-7-3-4-2-5(7)6(8)9-4/h4-5H,2-3H2,1H3. The van der Waals surface area contributed by atoms with Gasteiger partial charge in [0.2, 0.25) is 0 Å². The topological polar surface area (TPSA) is 29.5 Å². The van der Waals surface area contributed by atoms with E-state index < -0.39 is 0 Å². The van der Waals surface area contributed by atoms with E-state index in [9.17, 15) is 4.79 Å². The van der Waals surface area contributed by atoms with Crippen molar-refractivity contribution in [1.29, 1.82) is 0 Å². The lowest BCUT2D eigenvalue weighted by Gasteiger charge is -2.19. The fourth-order valence-corrected chi connectivity index (χ4v) is 1.56. The van der Waals surface area contributed by atoms with Crippen LogP contribution < -0.4 is 0 Å². The van der Waals surface area contributed by atoms with Gasteiger partial charge in [-0.25, -0.2) is 0 Å². The third kappa shape index (κ3) is 0.580. The zero-order valence-electron chi connectivity index (χ0n) is 5.33. The van der Waals surface area contributed by atoms with Crippen molar-refractivity contribution < 1.29 is 9.53 Å². The van der Waals surface area contributed by atoms with Crippen molar-refractivity contribution in [3.63, 3.8) is 0 Å². The van der Waals surface area contributed by atoms with Gasteiger partial charge in [-0.3, -0.25) is 9.69 Å². The maximum Gasteiger partial charge on any atom is 0.323 e. The Morgan fingerprint density at radius 3 is 2.89 bits per heavy atom. The fourth-order valence-electron chi connectivity index (χ4n) is 1.56. The molecule has 3 heteroatoms. The number of rotatable bonds is 0. The van der Waals surface area contributed by atoms with Crippen LogP contribution in [0.1, 0.15) is 6.42 Å². The SMILES string of the molecule is CN1CC2CC1C(=O)O2. The van der Waals surface area contributed by atoms with E-state index in [-0.39, 0.29) is 18.1 Å². The lowest BCUT2D eigenvalue weighted by molar-refractivity contribution is -0.150. The van der Waals surface area contributed by atoms with E-state index in [0.29, 0.717) is 0 Å². The lowest BCUT2D eigenvalue weighted by Crippen LogP contribution is -2.37. The molecular weight excluding hydrogens is 118 g/mol. The normalized spacial score (nSPS) is 41.7. The second kappa shape index (κ2) is 1.48. The number of likely N-dealkylation sites (N-methyl/N-ethyl adjacent to an activating group) is 1. The molecule has 2 unspecified atom stereocenters. The summed E-state index contributed by atoms with van der Waals surface area (Å²) in [5, 5.41) is 0. The first-order chi connectivity index (χ1) is 4.27. The molecule has 0 saturated carbocycles. The maximum absolute atomic E-state index is 10.8. The Labute approximate surface area is 53.6 Å². The highest BCUT2D eigenvalue weighted by atomic mass is 16.6. The number of nitrogens with zero attached hydrogens (tertiary/aromatic N) is 1. The summed E-state index contributed by atoms with van der Waals surface area (Å²) >= 11 is 0. The van der Waals surface area contributed by atoms with Crippen LogP contribution in [0.3, 0.4) is 0 Å². The number of morpholine rings is 1. The number of likely N-dealkylation sites (tertiary alicyclic amines) is 1. The van der Waals surface area contributed by atoms with Crippen LogP contribution in [0, 0.1) is 0 Å². The second-order valence-corrected chi connectivity index (χ2v) is 2.75. The van der Waals surface area contributed by atoms with Gasteiger partial charge >= 0.3 is 5.97 Å². The Bertz CT molecular complexity index is 157. The van der Waals surface area contributed by atoms with Crippen LogP contribution in [0.15, 0.2) is 0 Å². The number of ether oxygens (including phenoxy) is 1. The predicted octanol–water partition coefficient (Wildman–Crippen LogP) is -0.384. The average molecular weight is 127 g/mol. The van der Waals surface area contributed by atoms with Crippen LogP contribution in [0.2, 0.25) is 0 Å². The number of hydrogen-bond acceptors (Lipinski definition) is 3. The van der Waals surface area contributed by atoms with E-state index in [4.69, 9.17) is 4.74 Å². The molecule has 0 aromatic rings. The largest absolute Gasteiger partial charge is 0.460 e. The summed E-state index contributed by atoms with van der Waals surface area (Å²) in [7, 11) is 1.96. The summed E-state index contributed by atoms with van der Waals surface area (Å²) in [5.41, 5.74) is 0. The van der Waals surface area contributed by atoms with Crippen molar-refractivity contribution in [2.45, 2.75) is 18.6 Å². The van der Waals surface area contributed by atoms with Crippen LogP contribution in [0.4, 0.5) is 0 Å². The summed E-state index contributed by atoms with van der Waals surface area (Å²) in [6.45, 7) is 0.927. The molecule has 0 aliphatic carbocycles. The third-order valence-corrected chi connectivity index (χ3v) is 2.06. The Kier molecular flexibility index (Phi) is 0.858. The van der Waals surface area contributed by atoms with E-state index in [2.05, 4.69) is 4.90 Å². The van der Waals surface area contributed by atoms with Crippen molar-refractivity contribution in [3.8, 4) is 0 Å². The molecule has 2 rings (SSSR count). The predicted molar refractivity (Wildman–Crippen MR) is 30.9 cm³/mol. The molecule has 2 aliphatic rings. The lowest BCUT2D eigenvalue weighted by atomic mass is 10.2. The van der Waals surface area contributed by atoms with Crippen molar-refractivity contribution in [2.75, 3.05) is 13.6 Å². The van der Waals surface area contributed by atoms with Crippen LogP contribution in [-0.4, -0.2) is 36.6 Å². The van der Waals surface area contributed by atoms with Gasteiger partial charge in [-0.1, -0.05) is 0 Å². The molecule has 2 fully saturated rings. The van der Waals surface area contributed by atoms with Gasteiger partial charge in [-0.05, 0) is 7.05 Å². The number of esters is 1. The highest BCUT2D eigenvalue weighted by Crippen LogP contribution is 2.26. The number of carbonyl (C=O) groups is 1. The summed E-state index contributed by atoms with van der Waals surface area (Å²) in [4.78, 5) is 12.8. The van der Waals surface area contributed by atoms with E-state index >= 15 is 0 Å². The molecule has 9 heavy (non-hydrogen) atoms. The molecule has 2 aliphatic heterocycles. The zero-order chi connectivity index (χ0) is 6.43. The average Bonchev–Trinajstić information content (AvgIpc) is 2.22. The van der Waals surface area contributed by atoms with E-state index in [1.54, 1.807) is 0 Å². The molecule has 0 aromatic heterocycles. The fraction of sp³-hybridized carbons (Fsp3) is 0.833. The van der Waals surface area contributed by atoms with E-state index in [1.165, 1.54) is 0 Å². The van der Waals surface area contributed by atoms with Crippen molar-refractivity contribution >= 4 is 5.97 Å². The summed E-state index contributed by atoms with van der Waals surface area (Å²) < 4.78 is 4.95. The summed E-state index contributed by atoms with van der Waals surface area (Å²) in [6.07, 6.45) is 1.11. The van der Waals surface area contributed by atoms with E-state index in [0.717, 1.165) is 13.0 Å². The van der Waals surface area contributed by atoms with Gasteiger partial charge in [0.15, 0.2) is 0 Å². The first-order valence-corrected chi connectivity index (χ1v) is 3.18. The molecule has 0 aromatic carbocycles. The first kappa shape index (κ1) is 5.23. The highest BCUT2D eigenvalue weighted by Gasteiger charge is 2.44. The van der Waals surface area contributed by atoms with Gasteiger partial charge in [-0.2, -0.15) is 0 Å². The molecule has 50 valence electrons. The Hall–Kier alpha value is -0.570. The Morgan fingerprint density at radius 2 is 2.56 bits per heavy atom. The minimum atomic E-state index is -0.0336. The van der Waals surface area contributed by atoms with Crippen molar-refractivity contribution in [2.24, 2.45) is 0 Å². The summed E-state index contributed by atoms with van der Waals surface area (Å²) in [5.74, 6) is -0.0336. The van der Waals surface area contributed by atoms with Gasteiger partial charge in [0.1, 0.15) is 12.1 Å². The van der Waals surface area contributed by atoms with Gasteiger partial charge in [-0.15, -0.1) is 0 Å². The van der Waals surface area contributed by atoms with Gasteiger partial charge < -0.3 is 4.74 Å². The second-order valence-electron chi connectivity index (χ2n) is 2.75. The van der Waals surface area contributed by atoms with Crippen molar-refractivity contribution in [1.82, 2.24) is 4.90 Å². The van der Waals surface area contributed by atoms with Crippen LogP contribution in [-0.2, 0) is 9.53 Å². The smallest absolute Gasteiger partial charge is 0.323 e.